The van der Waals surface area contributed by atoms with Gasteiger partial charge in [0.2, 0.25) is 11.7 Å². The minimum absolute atomic E-state index is 0.129. The van der Waals surface area contributed by atoms with Gasteiger partial charge in [-0.05, 0) is 30.7 Å². The molecule has 0 bridgehead atoms. The zero-order chi connectivity index (χ0) is 12.4. The molecule has 0 spiro atoms. The zero-order valence-corrected chi connectivity index (χ0v) is 9.17. The van der Waals surface area contributed by atoms with E-state index in [4.69, 9.17) is 14.6 Å². The first kappa shape index (κ1) is 11.2. The van der Waals surface area contributed by atoms with Crippen molar-refractivity contribution >= 4 is 5.97 Å². The normalized spacial score (nSPS) is 10.4. The lowest BCUT2D eigenvalue weighted by Crippen LogP contribution is -1.98. The predicted octanol–water partition coefficient (Wildman–Crippen LogP) is 2.31. The number of aromatic nitrogens is 1. The SMILES string of the molecule is CCc1nc(-c2ccc(O)cc2)oc1C(=O)O. The Balaban J connectivity index is 2.46. The maximum absolute atomic E-state index is 10.9. The molecule has 0 unspecified atom stereocenters. The van der Waals surface area contributed by atoms with Crippen molar-refractivity contribution in [2.75, 3.05) is 0 Å². The first-order valence-corrected chi connectivity index (χ1v) is 5.14. The quantitative estimate of drug-likeness (QED) is 0.849. The van der Waals surface area contributed by atoms with E-state index in [2.05, 4.69) is 4.98 Å². The van der Waals surface area contributed by atoms with Gasteiger partial charge in [-0.15, -0.1) is 0 Å². The summed E-state index contributed by atoms with van der Waals surface area (Å²) in [6.45, 7) is 1.81. The fourth-order valence-corrected chi connectivity index (χ4v) is 1.49. The topological polar surface area (TPSA) is 83.6 Å². The standard InChI is InChI=1S/C12H11NO4/c1-2-9-10(12(15)16)17-11(13-9)7-3-5-8(14)6-4-7/h3-6,14H,2H2,1H3,(H,15,16). The van der Waals surface area contributed by atoms with Crippen LogP contribution in [-0.4, -0.2) is 21.2 Å². The summed E-state index contributed by atoms with van der Waals surface area (Å²) in [6.07, 6.45) is 0.489. The van der Waals surface area contributed by atoms with Gasteiger partial charge in [0.15, 0.2) is 0 Å². The first-order valence-electron chi connectivity index (χ1n) is 5.14. The van der Waals surface area contributed by atoms with Crippen molar-refractivity contribution in [2.24, 2.45) is 0 Å². The van der Waals surface area contributed by atoms with Crippen LogP contribution in [0.2, 0.25) is 0 Å². The number of phenols is 1. The van der Waals surface area contributed by atoms with Gasteiger partial charge in [-0.25, -0.2) is 9.78 Å². The molecule has 0 atom stereocenters. The number of nitrogens with zero attached hydrogens (tertiary/aromatic N) is 1. The first-order chi connectivity index (χ1) is 8.11. The Morgan fingerprint density at radius 3 is 2.47 bits per heavy atom. The Morgan fingerprint density at radius 1 is 1.35 bits per heavy atom. The molecule has 1 aromatic heterocycles. The number of rotatable bonds is 3. The van der Waals surface area contributed by atoms with Crippen LogP contribution in [0.15, 0.2) is 28.7 Å². The van der Waals surface area contributed by atoms with Crippen LogP contribution in [0.3, 0.4) is 0 Å². The number of aromatic hydroxyl groups is 1. The molecule has 2 rings (SSSR count). The molecule has 2 aromatic rings. The van der Waals surface area contributed by atoms with Crippen LogP contribution >= 0.6 is 0 Å². The Labute approximate surface area is 97.3 Å². The number of carboxylic acid groups (broad SMARTS) is 1. The molecule has 0 saturated carbocycles. The van der Waals surface area contributed by atoms with E-state index < -0.39 is 5.97 Å². The molecular weight excluding hydrogens is 222 g/mol. The van der Waals surface area contributed by atoms with E-state index in [9.17, 15) is 4.79 Å². The molecule has 0 aliphatic carbocycles. The van der Waals surface area contributed by atoms with Crippen LogP contribution in [0.5, 0.6) is 5.75 Å². The highest BCUT2D eigenvalue weighted by molar-refractivity contribution is 5.86. The highest BCUT2D eigenvalue weighted by Gasteiger charge is 2.18. The van der Waals surface area contributed by atoms with Gasteiger partial charge < -0.3 is 14.6 Å². The van der Waals surface area contributed by atoms with Crippen molar-refractivity contribution in [3.63, 3.8) is 0 Å². The molecule has 0 aliphatic heterocycles. The third-order valence-corrected chi connectivity index (χ3v) is 2.34. The number of carbonyl (C=O) groups is 1. The third-order valence-electron chi connectivity index (χ3n) is 2.34. The van der Waals surface area contributed by atoms with Crippen LogP contribution < -0.4 is 0 Å². The van der Waals surface area contributed by atoms with E-state index in [0.29, 0.717) is 17.7 Å². The van der Waals surface area contributed by atoms with Crippen molar-refractivity contribution in [3.05, 3.63) is 35.7 Å². The summed E-state index contributed by atoms with van der Waals surface area (Å²) >= 11 is 0. The average molecular weight is 233 g/mol. The summed E-state index contributed by atoms with van der Waals surface area (Å²) in [5.41, 5.74) is 1.05. The van der Waals surface area contributed by atoms with Gasteiger partial charge in [0.1, 0.15) is 5.75 Å². The maximum Gasteiger partial charge on any atom is 0.373 e. The Bertz CT molecular complexity index is 542. The summed E-state index contributed by atoms with van der Waals surface area (Å²) in [6, 6.07) is 6.22. The number of hydrogen-bond donors (Lipinski definition) is 2. The molecule has 88 valence electrons. The van der Waals surface area contributed by atoms with Crippen LogP contribution in [0.25, 0.3) is 11.5 Å². The van der Waals surface area contributed by atoms with E-state index in [0.717, 1.165) is 0 Å². The summed E-state index contributed by atoms with van der Waals surface area (Å²) < 4.78 is 5.20. The smallest absolute Gasteiger partial charge is 0.373 e. The van der Waals surface area contributed by atoms with Crippen molar-refractivity contribution < 1.29 is 19.4 Å². The largest absolute Gasteiger partial charge is 0.508 e. The number of hydrogen-bond acceptors (Lipinski definition) is 4. The van der Waals surface area contributed by atoms with Gasteiger partial charge in [0.25, 0.3) is 0 Å². The molecule has 0 aliphatic rings. The summed E-state index contributed by atoms with van der Waals surface area (Å²) in [7, 11) is 0. The van der Waals surface area contributed by atoms with Crippen LogP contribution in [0.1, 0.15) is 23.2 Å². The monoisotopic (exact) mass is 233 g/mol. The highest BCUT2D eigenvalue weighted by Crippen LogP contribution is 2.24. The Morgan fingerprint density at radius 2 is 2.00 bits per heavy atom. The lowest BCUT2D eigenvalue weighted by atomic mass is 10.2. The molecule has 0 fully saturated rings. The van der Waals surface area contributed by atoms with Gasteiger partial charge in [0, 0.05) is 5.56 Å². The zero-order valence-electron chi connectivity index (χ0n) is 9.17. The molecule has 2 N–H and O–H groups in total. The third kappa shape index (κ3) is 2.13. The lowest BCUT2D eigenvalue weighted by Gasteiger charge is -1.94. The maximum atomic E-state index is 10.9. The second-order valence-corrected chi connectivity index (χ2v) is 3.50. The average Bonchev–Trinajstić information content (AvgIpc) is 2.74. The van der Waals surface area contributed by atoms with E-state index in [1.807, 2.05) is 6.92 Å². The number of oxazole rings is 1. The molecule has 1 heterocycles. The molecular formula is C12H11NO4. The van der Waals surface area contributed by atoms with Crippen LogP contribution in [0.4, 0.5) is 0 Å². The fraction of sp³-hybridized carbons (Fsp3) is 0.167. The van der Waals surface area contributed by atoms with Crippen molar-refractivity contribution in [3.8, 4) is 17.2 Å². The number of benzene rings is 1. The predicted molar refractivity (Wildman–Crippen MR) is 59.9 cm³/mol. The van der Waals surface area contributed by atoms with E-state index in [1.54, 1.807) is 12.1 Å². The number of aromatic carboxylic acids is 1. The van der Waals surface area contributed by atoms with Gasteiger partial charge in [-0.2, -0.15) is 0 Å². The molecule has 0 amide bonds. The second kappa shape index (κ2) is 4.29. The van der Waals surface area contributed by atoms with E-state index >= 15 is 0 Å². The Hall–Kier alpha value is -2.30. The van der Waals surface area contributed by atoms with Crippen molar-refractivity contribution in [1.82, 2.24) is 4.98 Å². The number of aryl methyl sites for hydroxylation is 1. The molecule has 1 aromatic carbocycles. The molecule has 17 heavy (non-hydrogen) atoms. The minimum atomic E-state index is -1.13. The molecule has 0 saturated heterocycles. The fourth-order valence-electron chi connectivity index (χ4n) is 1.49. The summed E-state index contributed by atoms with van der Waals surface area (Å²) in [4.78, 5) is 15.0. The van der Waals surface area contributed by atoms with Crippen molar-refractivity contribution in [1.29, 1.82) is 0 Å². The Kier molecular flexibility index (Phi) is 2.82. The lowest BCUT2D eigenvalue weighted by molar-refractivity contribution is 0.0662. The molecule has 0 radical (unpaired) electrons. The van der Waals surface area contributed by atoms with Crippen LogP contribution in [0, 0.1) is 0 Å². The highest BCUT2D eigenvalue weighted by atomic mass is 16.4. The summed E-state index contributed by atoms with van der Waals surface area (Å²) in [5.74, 6) is -0.872. The van der Waals surface area contributed by atoms with Gasteiger partial charge in [-0.1, -0.05) is 6.92 Å². The van der Waals surface area contributed by atoms with Gasteiger partial charge in [0.05, 0.1) is 5.69 Å². The van der Waals surface area contributed by atoms with E-state index in [1.165, 1.54) is 12.1 Å². The summed E-state index contributed by atoms with van der Waals surface area (Å²) in [5, 5.41) is 18.1. The second-order valence-electron chi connectivity index (χ2n) is 3.50. The minimum Gasteiger partial charge on any atom is -0.508 e. The van der Waals surface area contributed by atoms with Gasteiger partial charge in [-0.3, -0.25) is 0 Å². The van der Waals surface area contributed by atoms with Gasteiger partial charge >= 0.3 is 5.97 Å². The van der Waals surface area contributed by atoms with E-state index in [-0.39, 0.29) is 17.4 Å². The van der Waals surface area contributed by atoms with Crippen LogP contribution in [-0.2, 0) is 6.42 Å². The number of carboxylic acids is 1. The molecule has 5 heteroatoms. The number of phenolic OH excluding ortho intramolecular Hbond substituents is 1. The molecule has 5 nitrogen and oxygen atoms in total. The van der Waals surface area contributed by atoms with Crippen molar-refractivity contribution in [2.45, 2.75) is 13.3 Å².